The van der Waals surface area contributed by atoms with Crippen molar-refractivity contribution in [2.24, 2.45) is 0 Å². The number of anilines is 2. The maximum atomic E-state index is 4.56. The highest BCUT2D eigenvalue weighted by Gasteiger charge is 2.13. The summed E-state index contributed by atoms with van der Waals surface area (Å²) in [6.45, 7) is 9.43. The smallest absolute Gasteiger partial charge is 0.137 e. The first-order valence-corrected chi connectivity index (χ1v) is 7.36. The second kappa shape index (κ2) is 6.27. The minimum absolute atomic E-state index is 0.0928. The fraction of sp³-hybridized carbons (Fsp3) is 0.389. The fourth-order valence-electron chi connectivity index (χ4n) is 2.12. The number of pyridine rings is 1. The van der Waals surface area contributed by atoms with Gasteiger partial charge in [-0.05, 0) is 45.9 Å². The van der Waals surface area contributed by atoms with Crippen molar-refractivity contribution < 1.29 is 0 Å². The summed E-state index contributed by atoms with van der Waals surface area (Å²) in [7, 11) is 2.06. The minimum Gasteiger partial charge on any atom is -0.329 e. The molecule has 112 valence electrons. The summed E-state index contributed by atoms with van der Waals surface area (Å²) in [5, 5.41) is 3.53. The van der Waals surface area contributed by atoms with Gasteiger partial charge >= 0.3 is 0 Å². The monoisotopic (exact) mass is 283 g/mol. The molecule has 3 nitrogen and oxygen atoms in total. The van der Waals surface area contributed by atoms with Crippen LogP contribution in [0.4, 0.5) is 11.5 Å². The molecule has 0 aliphatic carbocycles. The van der Waals surface area contributed by atoms with Crippen molar-refractivity contribution in [1.29, 1.82) is 0 Å². The number of rotatable bonds is 4. The van der Waals surface area contributed by atoms with Crippen molar-refractivity contribution in [3.8, 4) is 0 Å². The number of nitrogens with one attached hydrogen (secondary N) is 1. The molecular weight excluding hydrogens is 258 g/mol. The van der Waals surface area contributed by atoms with Gasteiger partial charge in [-0.3, -0.25) is 0 Å². The molecule has 1 aromatic heterocycles. The molecule has 1 heterocycles. The van der Waals surface area contributed by atoms with Gasteiger partial charge in [0, 0.05) is 36.6 Å². The maximum absolute atomic E-state index is 4.56. The molecule has 0 saturated carbocycles. The first kappa shape index (κ1) is 15.5. The van der Waals surface area contributed by atoms with Crippen LogP contribution in [0.3, 0.4) is 0 Å². The highest BCUT2D eigenvalue weighted by Crippen LogP contribution is 2.25. The SMILES string of the molecule is Cc1ccc(N(C)c2ncccc2CNC(C)(C)C)cc1. The van der Waals surface area contributed by atoms with E-state index < -0.39 is 0 Å². The van der Waals surface area contributed by atoms with E-state index in [1.807, 2.05) is 12.3 Å². The van der Waals surface area contributed by atoms with E-state index in [0.29, 0.717) is 0 Å². The first-order valence-electron chi connectivity index (χ1n) is 7.36. The number of hydrogen-bond donors (Lipinski definition) is 1. The van der Waals surface area contributed by atoms with Crippen LogP contribution in [0.5, 0.6) is 0 Å². The van der Waals surface area contributed by atoms with Crippen molar-refractivity contribution in [2.75, 3.05) is 11.9 Å². The summed E-state index contributed by atoms with van der Waals surface area (Å²) in [5.41, 5.74) is 3.71. The molecule has 0 aliphatic rings. The Morgan fingerprint density at radius 1 is 1.10 bits per heavy atom. The Labute approximate surface area is 128 Å². The van der Waals surface area contributed by atoms with E-state index in [-0.39, 0.29) is 5.54 Å². The maximum Gasteiger partial charge on any atom is 0.137 e. The van der Waals surface area contributed by atoms with Gasteiger partial charge in [-0.2, -0.15) is 0 Å². The predicted molar refractivity (Wildman–Crippen MR) is 90.1 cm³/mol. The molecule has 2 rings (SSSR count). The van der Waals surface area contributed by atoms with E-state index in [9.17, 15) is 0 Å². The average molecular weight is 283 g/mol. The van der Waals surface area contributed by atoms with E-state index in [0.717, 1.165) is 18.1 Å². The summed E-state index contributed by atoms with van der Waals surface area (Å²) in [4.78, 5) is 6.70. The van der Waals surface area contributed by atoms with Gasteiger partial charge in [0.25, 0.3) is 0 Å². The number of hydrogen-bond acceptors (Lipinski definition) is 3. The van der Waals surface area contributed by atoms with Gasteiger partial charge < -0.3 is 10.2 Å². The van der Waals surface area contributed by atoms with E-state index in [4.69, 9.17) is 0 Å². The lowest BCUT2D eigenvalue weighted by Gasteiger charge is -2.25. The molecule has 2 aromatic rings. The van der Waals surface area contributed by atoms with Crippen molar-refractivity contribution >= 4 is 11.5 Å². The molecule has 0 aliphatic heterocycles. The fourth-order valence-corrected chi connectivity index (χ4v) is 2.12. The van der Waals surface area contributed by atoms with Crippen molar-refractivity contribution in [3.05, 3.63) is 53.7 Å². The number of benzene rings is 1. The van der Waals surface area contributed by atoms with Crippen LogP contribution in [0.1, 0.15) is 31.9 Å². The predicted octanol–water partition coefficient (Wildman–Crippen LogP) is 4.05. The lowest BCUT2D eigenvalue weighted by Crippen LogP contribution is -2.35. The zero-order valence-corrected chi connectivity index (χ0v) is 13.6. The molecule has 1 N–H and O–H groups in total. The minimum atomic E-state index is 0.0928. The summed E-state index contributed by atoms with van der Waals surface area (Å²) >= 11 is 0. The Bertz CT molecular complexity index is 582. The Morgan fingerprint density at radius 3 is 2.38 bits per heavy atom. The third-order valence-corrected chi connectivity index (χ3v) is 3.42. The molecule has 0 atom stereocenters. The summed E-state index contributed by atoms with van der Waals surface area (Å²) in [6, 6.07) is 12.6. The third-order valence-electron chi connectivity index (χ3n) is 3.42. The standard InChI is InChI=1S/C18H25N3/c1-14-8-10-16(11-9-14)21(5)17-15(7-6-12-19-17)13-20-18(2,3)4/h6-12,20H,13H2,1-5H3. The van der Waals surface area contributed by atoms with Gasteiger partial charge in [0.15, 0.2) is 0 Å². The van der Waals surface area contributed by atoms with Crippen molar-refractivity contribution in [2.45, 2.75) is 39.8 Å². The lowest BCUT2D eigenvalue weighted by molar-refractivity contribution is 0.424. The normalized spacial score (nSPS) is 11.5. The van der Waals surface area contributed by atoms with Gasteiger partial charge in [-0.25, -0.2) is 4.98 Å². The van der Waals surface area contributed by atoms with Gasteiger partial charge in [0.05, 0.1) is 0 Å². The number of aryl methyl sites for hydroxylation is 1. The topological polar surface area (TPSA) is 28.2 Å². The van der Waals surface area contributed by atoms with Gasteiger partial charge in [0.2, 0.25) is 0 Å². The first-order chi connectivity index (χ1) is 9.87. The second-order valence-electron chi connectivity index (χ2n) is 6.48. The molecule has 0 fully saturated rings. The van der Waals surface area contributed by atoms with E-state index in [1.165, 1.54) is 11.1 Å². The Kier molecular flexibility index (Phi) is 4.63. The quantitative estimate of drug-likeness (QED) is 0.917. The summed E-state index contributed by atoms with van der Waals surface area (Å²) in [5.74, 6) is 0.998. The highest BCUT2D eigenvalue weighted by atomic mass is 15.2. The van der Waals surface area contributed by atoms with Crippen LogP contribution in [0, 0.1) is 6.92 Å². The van der Waals surface area contributed by atoms with Crippen LogP contribution in [0.25, 0.3) is 0 Å². The van der Waals surface area contributed by atoms with Crippen LogP contribution in [0.15, 0.2) is 42.6 Å². The molecule has 0 unspecified atom stereocenters. The lowest BCUT2D eigenvalue weighted by atomic mass is 10.1. The molecule has 0 radical (unpaired) electrons. The highest BCUT2D eigenvalue weighted by molar-refractivity contribution is 5.62. The Balaban J connectivity index is 2.24. The third kappa shape index (κ3) is 4.30. The van der Waals surface area contributed by atoms with Gasteiger partial charge in [-0.15, -0.1) is 0 Å². The van der Waals surface area contributed by atoms with Crippen molar-refractivity contribution in [3.63, 3.8) is 0 Å². The molecule has 0 amide bonds. The largest absolute Gasteiger partial charge is 0.329 e. The van der Waals surface area contributed by atoms with E-state index in [2.05, 4.69) is 80.3 Å². The summed E-state index contributed by atoms with van der Waals surface area (Å²) in [6.07, 6.45) is 1.85. The molecule has 0 bridgehead atoms. The Hall–Kier alpha value is -1.87. The summed E-state index contributed by atoms with van der Waals surface area (Å²) < 4.78 is 0. The second-order valence-corrected chi connectivity index (χ2v) is 6.48. The van der Waals surface area contributed by atoms with Gasteiger partial charge in [0.1, 0.15) is 5.82 Å². The van der Waals surface area contributed by atoms with Crippen LogP contribution >= 0.6 is 0 Å². The average Bonchev–Trinajstić information content (AvgIpc) is 2.45. The molecular formula is C18H25N3. The van der Waals surface area contributed by atoms with Crippen molar-refractivity contribution in [1.82, 2.24) is 10.3 Å². The zero-order valence-electron chi connectivity index (χ0n) is 13.6. The number of aromatic nitrogens is 1. The van der Waals surface area contributed by atoms with Crippen LogP contribution in [-0.2, 0) is 6.54 Å². The Morgan fingerprint density at radius 2 is 1.76 bits per heavy atom. The zero-order chi connectivity index (χ0) is 15.5. The van der Waals surface area contributed by atoms with E-state index >= 15 is 0 Å². The molecule has 0 saturated heterocycles. The molecule has 3 heteroatoms. The molecule has 21 heavy (non-hydrogen) atoms. The molecule has 1 aromatic carbocycles. The van der Waals surface area contributed by atoms with Crippen LogP contribution in [-0.4, -0.2) is 17.6 Å². The van der Waals surface area contributed by atoms with E-state index in [1.54, 1.807) is 0 Å². The van der Waals surface area contributed by atoms with Gasteiger partial charge in [-0.1, -0.05) is 23.8 Å². The number of nitrogens with zero attached hydrogens (tertiary/aromatic N) is 2. The molecule has 0 spiro atoms. The van der Waals surface area contributed by atoms with Crippen LogP contribution in [0.2, 0.25) is 0 Å². The van der Waals surface area contributed by atoms with Crippen LogP contribution < -0.4 is 10.2 Å².